The average Bonchev–Trinajstić information content (AvgIpc) is 2.79. The van der Waals surface area contributed by atoms with Crippen LogP contribution in [0.1, 0.15) is 30.4 Å². The maximum Gasteiger partial charge on any atom is 0.162 e. The molecule has 0 bridgehead atoms. The fraction of sp³-hybridized carbons (Fsp3) is 0.389. The fourth-order valence-electron chi connectivity index (χ4n) is 2.31. The normalized spacial score (nSPS) is 17.5. The third kappa shape index (κ3) is 3.64. The van der Waals surface area contributed by atoms with Crippen LogP contribution in [-0.2, 0) is 0 Å². The lowest BCUT2D eigenvalue weighted by atomic mass is 10.2. The van der Waals surface area contributed by atoms with Crippen LogP contribution in [0.5, 0.6) is 0 Å². The van der Waals surface area contributed by atoms with Crippen LogP contribution in [0, 0.1) is 0 Å². The summed E-state index contributed by atoms with van der Waals surface area (Å²) in [4.78, 5) is 25.4. The molecule has 6 heteroatoms. The number of aliphatic imine (C=N–C) groups is 1. The summed E-state index contributed by atoms with van der Waals surface area (Å²) in [6, 6.07) is 0.0733. The quantitative estimate of drug-likeness (QED) is 0.468. The van der Waals surface area contributed by atoms with Crippen LogP contribution < -0.4 is 9.89 Å². The van der Waals surface area contributed by atoms with Crippen molar-refractivity contribution in [2.45, 2.75) is 26.8 Å². The number of hydrogen-bond donors (Lipinski definition) is 0. The number of aldehydes is 1. The largest absolute Gasteiger partial charge is 0.377 e. The number of allylic oxidation sites excluding steroid dienone is 2. The van der Waals surface area contributed by atoms with Gasteiger partial charge in [-0.2, -0.15) is 0 Å². The van der Waals surface area contributed by atoms with Crippen molar-refractivity contribution >= 4 is 35.3 Å². The Kier molecular flexibility index (Phi) is 5.72. The van der Waals surface area contributed by atoms with Crippen LogP contribution in [0.2, 0.25) is 0 Å². The van der Waals surface area contributed by atoms with Crippen LogP contribution in [0.15, 0.2) is 33.9 Å². The maximum absolute atomic E-state index is 11.6. The summed E-state index contributed by atoms with van der Waals surface area (Å²) in [5, 5.41) is 0.926. The molecule has 0 spiro atoms. The molecule has 1 aromatic rings. The molecule has 1 aliphatic rings. The Morgan fingerprint density at radius 1 is 1.38 bits per heavy atom. The topological polar surface area (TPSA) is 48.3 Å². The molecule has 0 fully saturated rings. The van der Waals surface area contributed by atoms with Crippen molar-refractivity contribution in [2.75, 3.05) is 21.1 Å². The minimum atomic E-state index is 0.0733. The number of rotatable bonds is 5. The summed E-state index contributed by atoms with van der Waals surface area (Å²) in [6.07, 6.45) is 8.74. The first-order chi connectivity index (χ1) is 11.4. The van der Waals surface area contributed by atoms with Gasteiger partial charge in [0.15, 0.2) is 6.29 Å². The number of carbonyl (C=O) groups is 1. The van der Waals surface area contributed by atoms with Crippen LogP contribution >= 0.6 is 11.3 Å². The van der Waals surface area contributed by atoms with E-state index in [1.54, 1.807) is 6.34 Å². The molecule has 0 saturated heterocycles. The highest BCUT2D eigenvalue weighted by Crippen LogP contribution is 2.19. The molecule has 0 radical (unpaired) electrons. The molecule has 0 aromatic carbocycles. The SMILES string of the molecule is C/C=C(\C)N(C)C=Nc1c(C=O)sc2c1=C(N(C)C)C=CC(C)N=2. The summed E-state index contributed by atoms with van der Waals surface area (Å²) >= 11 is 1.40. The van der Waals surface area contributed by atoms with Gasteiger partial charge in [-0.1, -0.05) is 12.2 Å². The van der Waals surface area contributed by atoms with E-state index in [0.717, 1.165) is 27.6 Å². The zero-order chi connectivity index (χ0) is 17.9. The van der Waals surface area contributed by atoms with Crippen LogP contribution in [0.4, 0.5) is 5.69 Å². The van der Waals surface area contributed by atoms with Crippen LogP contribution in [-0.4, -0.2) is 49.6 Å². The molecule has 24 heavy (non-hydrogen) atoms. The standard InChI is InChI=1S/C18H24N4OS/c1-7-13(3)22(6)11-19-17-15(10-23)24-18-16(17)14(21(4)5)9-8-12(2)20-18/h7-12H,1-6H3/b13-7+,19-11?. The van der Waals surface area contributed by atoms with E-state index in [4.69, 9.17) is 4.99 Å². The van der Waals surface area contributed by atoms with Crippen molar-refractivity contribution in [3.8, 4) is 0 Å². The lowest BCUT2D eigenvalue weighted by Crippen LogP contribution is -2.27. The Morgan fingerprint density at radius 2 is 2.08 bits per heavy atom. The van der Waals surface area contributed by atoms with E-state index < -0.39 is 0 Å². The number of carbonyl (C=O) groups excluding carboxylic acids is 1. The van der Waals surface area contributed by atoms with Gasteiger partial charge >= 0.3 is 0 Å². The molecule has 2 rings (SSSR count). The van der Waals surface area contributed by atoms with Crippen molar-refractivity contribution in [3.63, 3.8) is 0 Å². The van der Waals surface area contributed by atoms with E-state index in [2.05, 4.69) is 17.1 Å². The molecule has 1 aliphatic heterocycles. The fourth-order valence-corrected chi connectivity index (χ4v) is 3.34. The predicted octanol–water partition coefficient (Wildman–Crippen LogP) is 2.32. The highest BCUT2D eigenvalue weighted by molar-refractivity contribution is 7.11. The first-order valence-electron chi connectivity index (χ1n) is 7.84. The van der Waals surface area contributed by atoms with Gasteiger partial charge in [0.05, 0.1) is 28.2 Å². The van der Waals surface area contributed by atoms with Crippen LogP contribution in [0.3, 0.4) is 0 Å². The second-order valence-electron chi connectivity index (χ2n) is 5.91. The third-order valence-corrected chi connectivity index (χ3v) is 4.94. The van der Waals surface area contributed by atoms with Gasteiger partial charge in [-0.25, -0.2) is 4.99 Å². The predicted molar refractivity (Wildman–Crippen MR) is 102 cm³/mol. The molecule has 1 aromatic heterocycles. The minimum absolute atomic E-state index is 0.0733. The number of fused-ring (bicyclic) bond motifs is 1. The molecule has 2 heterocycles. The van der Waals surface area contributed by atoms with E-state index in [0.29, 0.717) is 10.6 Å². The number of hydrogen-bond acceptors (Lipinski definition) is 5. The molecular formula is C18H24N4OS. The average molecular weight is 344 g/mol. The number of nitrogens with zero attached hydrogens (tertiary/aromatic N) is 4. The molecular weight excluding hydrogens is 320 g/mol. The van der Waals surface area contributed by atoms with Crippen molar-refractivity contribution in [3.05, 3.63) is 38.7 Å². The molecule has 128 valence electrons. The molecule has 0 amide bonds. The van der Waals surface area contributed by atoms with E-state index in [9.17, 15) is 4.79 Å². The summed E-state index contributed by atoms with van der Waals surface area (Å²) in [7, 11) is 5.91. The van der Waals surface area contributed by atoms with Gasteiger partial charge in [-0.15, -0.1) is 11.3 Å². The Morgan fingerprint density at radius 3 is 2.67 bits per heavy atom. The smallest absolute Gasteiger partial charge is 0.162 e. The third-order valence-electron chi connectivity index (χ3n) is 3.92. The number of thiophene rings is 1. The van der Waals surface area contributed by atoms with E-state index in [1.165, 1.54) is 11.3 Å². The van der Waals surface area contributed by atoms with Crippen molar-refractivity contribution < 1.29 is 4.79 Å². The lowest BCUT2D eigenvalue weighted by Gasteiger charge is -2.14. The van der Waals surface area contributed by atoms with Gasteiger partial charge in [0.2, 0.25) is 0 Å². The van der Waals surface area contributed by atoms with Crippen molar-refractivity contribution in [2.24, 2.45) is 9.98 Å². The van der Waals surface area contributed by atoms with E-state index >= 15 is 0 Å². The van der Waals surface area contributed by atoms with Crippen molar-refractivity contribution in [1.29, 1.82) is 0 Å². The first-order valence-corrected chi connectivity index (χ1v) is 8.66. The molecule has 5 nitrogen and oxygen atoms in total. The summed E-state index contributed by atoms with van der Waals surface area (Å²) < 4.78 is 0.857. The van der Waals surface area contributed by atoms with Gasteiger partial charge in [0, 0.05) is 32.5 Å². The molecule has 1 unspecified atom stereocenters. The highest BCUT2D eigenvalue weighted by atomic mass is 32.1. The van der Waals surface area contributed by atoms with Crippen molar-refractivity contribution in [1.82, 2.24) is 9.80 Å². The zero-order valence-electron chi connectivity index (χ0n) is 15.1. The van der Waals surface area contributed by atoms with E-state index in [-0.39, 0.29) is 6.04 Å². The Bertz CT molecular complexity index is 830. The van der Waals surface area contributed by atoms with Gasteiger partial charge in [0.1, 0.15) is 4.67 Å². The second kappa shape index (κ2) is 7.57. The Labute approximate surface area is 147 Å². The van der Waals surface area contributed by atoms with E-state index in [1.807, 2.05) is 57.8 Å². The summed E-state index contributed by atoms with van der Waals surface area (Å²) in [5.74, 6) is 0. The Balaban J connectivity index is 2.74. The first kappa shape index (κ1) is 18.1. The van der Waals surface area contributed by atoms with Crippen LogP contribution in [0.25, 0.3) is 5.70 Å². The summed E-state index contributed by atoms with van der Waals surface area (Å²) in [5.41, 5.74) is 2.79. The van der Waals surface area contributed by atoms with Gasteiger partial charge in [-0.05, 0) is 26.8 Å². The number of likely N-dealkylation sites (N-methyl/N-ethyl adjacent to an activating group) is 1. The minimum Gasteiger partial charge on any atom is -0.377 e. The van der Waals surface area contributed by atoms with Gasteiger partial charge in [-0.3, -0.25) is 9.79 Å². The maximum atomic E-state index is 11.6. The molecule has 1 atom stereocenters. The molecule has 0 N–H and O–H groups in total. The molecule has 0 saturated carbocycles. The van der Waals surface area contributed by atoms with Gasteiger partial charge in [0.25, 0.3) is 0 Å². The zero-order valence-corrected chi connectivity index (χ0v) is 15.9. The molecule has 0 aliphatic carbocycles. The summed E-state index contributed by atoms with van der Waals surface area (Å²) in [6.45, 7) is 6.03. The lowest BCUT2D eigenvalue weighted by molar-refractivity contribution is 0.112. The van der Waals surface area contributed by atoms with Gasteiger partial charge < -0.3 is 9.80 Å². The monoisotopic (exact) mass is 344 g/mol. The Hall–Kier alpha value is -2.21. The highest BCUT2D eigenvalue weighted by Gasteiger charge is 2.16. The second-order valence-corrected chi connectivity index (χ2v) is 6.94.